The Morgan fingerprint density at radius 2 is 2.08 bits per heavy atom. The zero-order chi connectivity index (χ0) is 7.94. The summed E-state index contributed by atoms with van der Waals surface area (Å²) in [4.78, 5) is 0. The van der Waals surface area contributed by atoms with Crippen LogP contribution in [0.15, 0.2) is 16.8 Å². The van der Waals surface area contributed by atoms with Gasteiger partial charge in [0.2, 0.25) is 0 Å². The molecular weight excluding hydrogens is 271 g/mol. The molecule has 1 aromatic rings. The zero-order valence-corrected chi connectivity index (χ0v) is 11.3. The minimum absolute atomic E-state index is 0. The van der Waals surface area contributed by atoms with Crippen LogP contribution in [0.3, 0.4) is 0 Å². The smallest absolute Gasteiger partial charge is 0 e. The number of rotatable bonds is 5. The molecule has 0 bridgehead atoms. The summed E-state index contributed by atoms with van der Waals surface area (Å²) in [6.45, 7) is 2.25. The Kier molecular flexibility index (Phi) is 8.45. The minimum atomic E-state index is 0. The first-order valence-electron chi connectivity index (χ1n) is 4.44. The second-order valence-electron chi connectivity index (χ2n) is 2.94. The molecule has 66 valence electrons. The summed E-state index contributed by atoms with van der Waals surface area (Å²) in [6, 6.07) is 2.23. The van der Waals surface area contributed by atoms with E-state index in [0.29, 0.717) is 0 Å². The molecular formula is C10H16SSn. The van der Waals surface area contributed by atoms with Crippen molar-refractivity contribution in [1.29, 1.82) is 0 Å². The number of unbranched alkanes of at least 4 members (excludes halogenated alkanes) is 3. The molecule has 1 rings (SSSR count). The molecule has 1 heterocycles. The fraction of sp³-hybridized carbons (Fsp3) is 0.600. The maximum absolute atomic E-state index is 2.26. The van der Waals surface area contributed by atoms with Gasteiger partial charge in [0.25, 0.3) is 0 Å². The first kappa shape index (κ1) is 12.5. The molecule has 1 aromatic heterocycles. The van der Waals surface area contributed by atoms with Crippen LogP contribution in [0.5, 0.6) is 0 Å². The molecule has 0 nitrogen and oxygen atoms in total. The van der Waals surface area contributed by atoms with Crippen LogP contribution < -0.4 is 0 Å². The largest absolute Gasteiger partial charge is 0.152 e. The molecule has 0 unspecified atom stereocenters. The quantitative estimate of drug-likeness (QED) is 0.574. The Morgan fingerprint density at radius 1 is 1.25 bits per heavy atom. The molecule has 0 amide bonds. The molecule has 0 fully saturated rings. The van der Waals surface area contributed by atoms with Crippen molar-refractivity contribution in [2.24, 2.45) is 0 Å². The van der Waals surface area contributed by atoms with E-state index in [1.807, 2.05) is 0 Å². The predicted molar refractivity (Wildman–Crippen MR) is 57.9 cm³/mol. The molecule has 0 atom stereocenters. The van der Waals surface area contributed by atoms with Gasteiger partial charge in [-0.3, -0.25) is 0 Å². The van der Waals surface area contributed by atoms with Crippen LogP contribution in [0, 0.1) is 0 Å². The molecule has 4 radical (unpaired) electrons. The summed E-state index contributed by atoms with van der Waals surface area (Å²) in [5.74, 6) is 0. The summed E-state index contributed by atoms with van der Waals surface area (Å²) in [5.41, 5.74) is 1.52. The maximum Gasteiger partial charge on any atom is 0 e. The molecule has 0 spiro atoms. The van der Waals surface area contributed by atoms with Crippen molar-refractivity contribution in [3.63, 3.8) is 0 Å². The summed E-state index contributed by atoms with van der Waals surface area (Å²) in [7, 11) is 0. The van der Waals surface area contributed by atoms with E-state index >= 15 is 0 Å². The Morgan fingerprint density at radius 3 is 2.67 bits per heavy atom. The summed E-state index contributed by atoms with van der Waals surface area (Å²) in [5, 5.41) is 4.42. The minimum Gasteiger partial charge on any atom is -0.152 e. The Hall–Kier alpha value is 0.499. The van der Waals surface area contributed by atoms with E-state index in [4.69, 9.17) is 0 Å². The van der Waals surface area contributed by atoms with Crippen LogP contribution >= 0.6 is 11.3 Å². The zero-order valence-electron chi connectivity index (χ0n) is 7.68. The van der Waals surface area contributed by atoms with E-state index < -0.39 is 0 Å². The molecule has 0 aliphatic rings. The van der Waals surface area contributed by atoms with E-state index in [1.165, 1.54) is 37.7 Å². The van der Waals surface area contributed by atoms with Gasteiger partial charge in [0.15, 0.2) is 0 Å². The second kappa shape index (κ2) is 8.11. The van der Waals surface area contributed by atoms with Crippen LogP contribution in [0.1, 0.15) is 38.2 Å². The van der Waals surface area contributed by atoms with Crippen LogP contribution in [0.4, 0.5) is 0 Å². The van der Waals surface area contributed by atoms with Crippen molar-refractivity contribution in [2.75, 3.05) is 0 Å². The fourth-order valence-corrected chi connectivity index (χ4v) is 1.89. The normalized spacial score (nSPS) is 9.42. The van der Waals surface area contributed by atoms with Crippen LogP contribution in [0.25, 0.3) is 0 Å². The van der Waals surface area contributed by atoms with Gasteiger partial charge >= 0.3 is 0 Å². The molecule has 2 heteroatoms. The first-order valence-corrected chi connectivity index (χ1v) is 5.39. The summed E-state index contributed by atoms with van der Waals surface area (Å²) >= 11 is 1.80. The molecule has 0 aliphatic heterocycles. The van der Waals surface area contributed by atoms with Crippen molar-refractivity contribution in [2.45, 2.75) is 39.0 Å². The fourth-order valence-electron chi connectivity index (χ4n) is 1.19. The van der Waals surface area contributed by atoms with Gasteiger partial charge in [-0.2, -0.15) is 11.3 Å². The summed E-state index contributed by atoms with van der Waals surface area (Å²) in [6.07, 6.45) is 6.77. The second-order valence-corrected chi connectivity index (χ2v) is 3.72. The Bertz CT molecular complexity index is 170. The van der Waals surface area contributed by atoms with Crippen molar-refractivity contribution < 1.29 is 0 Å². The number of hydrogen-bond donors (Lipinski definition) is 0. The SMILES string of the molecule is CCCCCCc1ccsc1.[Sn]. The van der Waals surface area contributed by atoms with Crippen LogP contribution in [0.2, 0.25) is 0 Å². The van der Waals surface area contributed by atoms with Gasteiger partial charge < -0.3 is 0 Å². The van der Waals surface area contributed by atoms with Crippen LogP contribution in [-0.4, -0.2) is 23.9 Å². The number of aryl methyl sites for hydroxylation is 1. The monoisotopic (exact) mass is 288 g/mol. The van der Waals surface area contributed by atoms with Gasteiger partial charge in [0.1, 0.15) is 0 Å². The van der Waals surface area contributed by atoms with Gasteiger partial charge in [-0.25, -0.2) is 0 Å². The van der Waals surface area contributed by atoms with Crippen LogP contribution in [-0.2, 0) is 6.42 Å². The number of hydrogen-bond acceptors (Lipinski definition) is 1. The first-order chi connectivity index (χ1) is 5.43. The molecule has 0 N–H and O–H groups in total. The van der Waals surface area contributed by atoms with Gasteiger partial charge in [0.05, 0.1) is 0 Å². The van der Waals surface area contributed by atoms with E-state index in [2.05, 4.69) is 23.8 Å². The third-order valence-corrected chi connectivity index (χ3v) is 2.63. The molecule has 0 aromatic carbocycles. The van der Waals surface area contributed by atoms with E-state index in [-0.39, 0.29) is 23.9 Å². The van der Waals surface area contributed by atoms with Gasteiger partial charge in [-0.1, -0.05) is 26.2 Å². The van der Waals surface area contributed by atoms with Crippen molar-refractivity contribution in [3.05, 3.63) is 22.4 Å². The third kappa shape index (κ3) is 5.20. The van der Waals surface area contributed by atoms with E-state index in [9.17, 15) is 0 Å². The number of thiophene rings is 1. The molecule has 0 saturated heterocycles. The average molecular weight is 287 g/mol. The van der Waals surface area contributed by atoms with Gasteiger partial charge in [-0.05, 0) is 35.2 Å². The molecule has 0 aliphatic carbocycles. The predicted octanol–water partition coefficient (Wildman–Crippen LogP) is 3.49. The summed E-state index contributed by atoms with van der Waals surface area (Å²) < 4.78 is 0. The Balaban J connectivity index is 0.00000121. The van der Waals surface area contributed by atoms with Gasteiger partial charge in [0, 0.05) is 23.9 Å². The van der Waals surface area contributed by atoms with Crippen molar-refractivity contribution in [3.8, 4) is 0 Å². The third-order valence-electron chi connectivity index (χ3n) is 1.90. The van der Waals surface area contributed by atoms with E-state index in [0.717, 1.165) is 0 Å². The topological polar surface area (TPSA) is 0 Å². The Labute approximate surface area is 96.3 Å². The van der Waals surface area contributed by atoms with Gasteiger partial charge in [-0.15, -0.1) is 0 Å². The van der Waals surface area contributed by atoms with E-state index in [1.54, 1.807) is 11.3 Å². The molecule has 0 saturated carbocycles. The van der Waals surface area contributed by atoms with Crippen molar-refractivity contribution in [1.82, 2.24) is 0 Å². The average Bonchev–Trinajstić information content (AvgIpc) is 2.50. The maximum atomic E-state index is 2.26. The van der Waals surface area contributed by atoms with Crippen molar-refractivity contribution >= 4 is 35.2 Å². The molecule has 12 heavy (non-hydrogen) atoms. The standard InChI is InChI=1S/C10H16S.Sn/c1-2-3-4-5-6-10-7-8-11-9-10;/h7-9H,2-6H2,1H3;.